The first-order valence-electron chi connectivity index (χ1n) is 14.0. The molecular weight excluding hydrogens is 494 g/mol. The average Bonchev–Trinajstić information content (AvgIpc) is 2.76. The maximum absolute atomic E-state index is 14.4. The molecule has 38 heavy (non-hydrogen) atoms. The molecule has 5 nitrogen and oxygen atoms in total. The summed E-state index contributed by atoms with van der Waals surface area (Å²) < 4.78 is 36.2. The van der Waals surface area contributed by atoms with Crippen molar-refractivity contribution < 1.29 is 17.8 Å². The van der Waals surface area contributed by atoms with Gasteiger partial charge in [0.1, 0.15) is 0 Å². The Labute approximate surface area is 231 Å². The number of nitrogens with one attached hydrogen (secondary N) is 1. The summed E-state index contributed by atoms with van der Waals surface area (Å²) in [6.45, 7) is 25.1. The van der Waals surface area contributed by atoms with Crippen molar-refractivity contribution in [2.75, 3.05) is 4.72 Å². The molecule has 0 saturated carbocycles. The minimum Gasteiger partial charge on any atom is -0.294 e. The fraction of sp³-hybridized carbons (Fsp3) is 0.594. The van der Waals surface area contributed by atoms with Crippen LogP contribution in [0.1, 0.15) is 168 Å². The van der Waals surface area contributed by atoms with Crippen molar-refractivity contribution in [2.45, 2.75) is 125 Å². The first-order chi connectivity index (χ1) is 17.4. The van der Waals surface area contributed by atoms with Crippen LogP contribution < -0.4 is 4.72 Å². The van der Waals surface area contributed by atoms with Crippen LogP contribution in [0, 0.1) is 0 Å². The fourth-order valence-corrected chi connectivity index (χ4v) is 5.83. The van der Waals surface area contributed by atoms with E-state index in [4.69, 9.17) is 0 Å². The highest BCUT2D eigenvalue weighted by atomic mass is 32.2. The van der Waals surface area contributed by atoms with Crippen molar-refractivity contribution in [1.29, 1.82) is 0 Å². The van der Waals surface area contributed by atoms with Crippen LogP contribution in [0.2, 0.25) is 0 Å². The number of rotatable bonds is 11. The molecule has 2 N–H and O–H groups in total. The summed E-state index contributed by atoms with van der Waals surface area (Å²) in [4.78, 5) is 14.4. The zero-order valence-electron chi connectivity index (χ0n) is 25.5. The number of anilines is 1. The number of carbonyl (C=O) groups excluding carboxylic acids is 1. The average molecular weight is 544 g/mol. The van der Waals surface area contributed by atoms with Gasteiger partial charge in [-0.05, 0) is 74.5 Å². The molecule has 212 valence electrons. The molecule has 0 atom stereocenters. The van der Waals surface area contributed by atoms with Crippen LogP contribution in [-0.2, 0) is 16.7 Å². The van der Waals surface area contributed by atoms with Gasteiger partial charge in [0, 0.05) is 12.0 Å². The summed E-state index contributed by atoms with van der Waals surface area (Å²) in [7, 11) is -4.53. The van der Waals surface area contributed by atoms with Crippen LogP contribution in [0.15, 0.2) is 18.2 Å². The number of ketones is 1. The van der Waals surface area contributed by atoms with Crippen molar-refractivity contribution >= 4 is 21.8 Å². The van der Waals surface area contributed by atoms with E-state index >= 15 is 0 Å². The largest absolute Gasteiger partial charge is 0.357 e. The fourth-order valence-electron chi connectivity index (χ4n) is 5.35. The summed E-state index contributed by atoms with van der Waals surface area (Å²) >= 11 is 0. The highest BCUT2D eigenvalue weighted by Gasteiger charge is 2.29. The lowest BCUT2D eigenvalue weighted by molar-refractivity contribution is 0.0989. The molecule has 0 amide bonds. The Morgan fingerprint density at radius 2 is 1.13 bits per heavy atom. The number of hydrogen-bond acceptors (Lipinski definition) is 3. The Hall–Kier alpha value is -2.18. The van der Waals surface area contributed by atoms with Gasteiger partial charge in [-0.3, -0.25) is 14.1 Å². The molecule has 0 bridgehead atoms. The Kier molecular flexibility index (Phi) is 10.4. The van der Waals surface area contributed by atoms with Gasteiger partial charge < -0.3 is 0 Å². The second-order valence-electron chi connectivity index (χ2n) is 12.5. The SMILES string of the molecule is CC(C)c1cc(C(C)C)c(CC(=O)c2c(C(C)C)cc(C(C)C)c(NS(=O)(=O)O)c2C(C)C)c(C(C)C)c1. The van der Waals surface area contributed by atoms with Crippen LogP contribution >= 0.6 is 0 Å². The highest BCUT2D eigenvalue weighted by Crippen LogP contribution is 2.41. The van der Waals surface area contributed by atoms with E-state index in [1.165, 1.54) is 16.7 Å². The highest BCUT2D eigenvalue weighted by molar-refractivity contribution is 7.87. The molecule has 0 radical (unpaired) electrons. The molecule has 0 aliphatic carbocycles. The predicted molar refractivity (Wildman–Crippen MR) is 161 cm³/mol. The quantitative estimate of drug-likeness (QED) is 0.219. The van der Waals surface area contributed by atoms with Gasteiger partial charge in [-0.1, -0.05) is 101 Å². The smallest absolute Gasteiger partial charge is 0.294 e. The molecule has 0 unspecified atom stereocenters. The predicted octanol–water partition coefficient (Wildman–Crippen LogP) is 9.07. The Bertz CT molecular complexity index is 1240. The van der Waals surface area contributed by atoms with E-state index in [0.29, 0.717) is 22.7 Å². The van der Waals surface area contributed by atoms with E-state index in [2.05, 4.69) is 72.2 Å². The monoisotopic (exact) mass is 543 g/mol. The van der Waals surface area contributed by atoms with Crippen molar-refractivity contribution in [1.82, 2.24) is 0 Å². The minimum atomic E-state index is -4.53. The van der Waals surface area contributed by atoms with E-state index in [9.17, 15) is 17.8 Å². The number of benzene rings is 2. The summed E-state index contributed by atoms with van der Waals surface area (Å²) in [6.07, 6.45) is 0.241. The first-order valence-corrected chi connectivity index (χ1v) is 15.5. The third-order valence-corrected chi connectivity index (χ3v) is 7.81. The maximum Gasteiger partial charge on any atom is 0.357 e. The molecule has 6 heteroatoms. The maximum atomic E-state index is 14.4. The van der Waals surface area contributed by atoms with Crippen LogP contribution in [0.25, 0.3) is 0 Å². The zero-order chi connectivity index (χ0) is 29.3. The summed E-state index contributed by atoms with van der Waals surface area (Å²) in [5, 5.41) is 0. The van der Waals surface area contributed by atoms with E-state index in [-0.39, 0.29) is 41.8 Å². The Morgan fingerprint density at radius 3 is 1.47 bits per heavy atom. The van der Waals surface area contributed by atoms with Gasteiger partial charge in [0.2, 0.25) is 0 Å². The van der Waals surface area contributed by atoms with Crippen molar-refractivity contribution in [3.63, 3.8) is 0 Å². The van der Waals surface area contributed by atoms with Gasteiger partial charge >= 0.3 is 10.3 Å². The molecule has 2 aromatic carbocycles. The lowest BCUT2D eigenvalue weighted by Gasteiger charge is -2.28. The number of hydrogen-bond donors (Lipinski definition) is 2. The van der Waals surface area contributed by atoms with E-state index in [1.54, 1.807) is 0 Å². The van der Waals surface area contributed by atoms with E-state index in [0.717, 1.165) is 16.7 Å². The normalized spacial score (nSPS) is 12.6. The van der Waals surface area contributed by atoms with E-state index in [1.807, 2.05) is 33.8 Å². The van der Waals surface area contributed by atoms with Crippen LogP contribution in [0.5, 0.6) is 0 Å². The van der Waals surface area contributed by atoms with Crippen molar-refractivity contribution in [2.24, 2.45) is 0 Å². The van der Waals surface area contributed by atoms with Gasteiger partial charge in [-0.2, -0.15) is 8.42 Å². The molecule has 0 fully saturated rings. The molecular formula is C32H49NO4S. The van der Waals surface area contributed by atoms with Crippen molar-refractivity contribution in [3.05, 3.63) is 62.7 Å². The molecule has 0 saturated heterocycles. The first kappa shape index (κ1) is 32.0. The molecule has 2 aromatic rings. The molecule has 0 heterocycles. The summed E-state index contributed by atoms with van der Waals surface area (Å²) in [5.41, 5.74) is 7.99. The van der Waals surface area contributed by atoms with Gasteiger partial charge in [0.25, 0.3) is 0 Å². The summed E-state index contributed by atoms with van der Waals surface area (Å²) in [5.74, 6) is 0.765. The Balaban J connectivity index is 2.94. The zero-order valence-corrected chi connectivity index (χ0v) is 26.3. The minimum absolute atomic E-state index is 0.0120. The number of Topliss-reactive ketones (excluding diaryl/α,β-unsaturated/α-hetero) is 1. The lowest BCUT2D eigenvalue weighted by atomic mass is 9.78. The summed E-state index contributed by atoms with van der Waals surface area (Å²) in [6, 6.07) is 6.46. The number of carbonyl (C=O) groups is 1. The lowest BCUT2D eigenvalue weighted by Crippen LogP contribution is -2.21. The van der Waals surface area contributed by atoms with Crippen molar-refractivity contribution in [3.8, 4) is 0 Å². The molecule has 0 spiro atoms. The Morgan fingerprint density at radius 1 is 0.684 bits per heavy atom. The second-order valence-corrected chi connectivity index (χ2v) is 13.7. The van der Waals surface area contributed by atoms with Gasteiger partial charge in [0.05, 0.1) is 5.69 Å². The molecule has 0 aliphatic rings. The standard InChI is InChI=1S/C32H49NO4S/c1-17(2)23-13-24(18(3)4)28(25(14-23)19(5)6)16-29(34)31-26(20(7)8)15-27(21(9)10)32(30(31)22(11)12)33-38(35,36)37/h13-15,17-22,33H,16H2,1-12H3,(H,35,36,37). The van der Waals surface area contributed by atoms with Gasteiger partial charge in [-0.25, -0.2) is 0 Å². The van der Waals surface area contributed by atoms with Crippen LogP contribution in [0.3, 0.4) is 0 Å². The molecule has 0 aliphatic heterocycles. The van der Waals surface area contributed by atoms with E-state index < -0.39 is 10.3 Å². The van der Waals surface area contributed by atoms with Crippen LogP contribution in [0.4, 0.5) is 5.69 Å². The van der Waals surface area contributed by atoms with Crippen LogP contribution in [-0.4, -0.2) is 18.8 Å². The molecule has 0 aromatic heterocycles. The third kappa shape index (κ3) is 7.26. The third-order valence-electron chi connectivity index (χ3n) is 7.35. The van der Waals surface area contributed by atoms with Gasteiger partial charge in [0.15, 0.2) is 5.78 Å². The van der Waals surface area contributed by atoms with Gasteiger partial charge in [-0.15, -0.1) is 0 Å². The topological polar surface area (TPSA) is 83.5 Å². The molecule has 2 rings (SSSR count). The second kappa shape index (κ2) is 12.3.